The fourth-order valence-corrected chi connectivity index (χ4v) is 4.58. The lowest BCUT2D eigenvalue weighted by molar-refractivity contribution is -0.117. The van der Waals surface area contributed by atoms with Gasteiger partial charge in [0.25, 0.3) is 0 Å². The molecule has 3 aromatic carbocycles. The number of nitrogens with one attached hydrogen (secondary N) is 2. The Kier molecular flexibility index (Phi) is 9.00. The molecule has 2 aromatic heterocycles. The summed E-state index contributed by atoms with van der Waals surface area (Å²) in [6.07, 6.45) is 1.97. The first-order chi connectivity index (χ1) is 19.4. The number of aromatic nitrogens is 4. The van der Waals surface area contributed by atoms with Gasteiger partial charge in [0.05, 0.1) is 57.7 Å². The predicted molar refractivity (Wildman–Crippen MR) is 159 cm³/mol. The molecule has 0 fully saturated rings. The minimum atomic E-state index is -0.784. The van der Waals surface area contributed by atoms with Crippen molar-refractivity contribution < 1.29 is 23.7 Å². The average molecular weight is 579 g/mol. The van der Waals surface area contributed by atoms with Crippen molar-refractivity contribution in [1.29, 1.82) is 0 Å². The molecular weight excluding hydrogens is 548 g/mol. The van der Waals surface area contributed by atoms with Gasteiger partial charge >= 0.3 is 0 Å². The number of amides is 1. The third-order valence-corrected chi connectivity index (χ3v) is 6.56. The van der Waals surface area contributed by atoms with Crippen molar-refractivity contribution in [3.8, 4) is 39.9 Å². The van der Waals surface area contributed by atoms with Crippen LogP contribution >= 0.6 is 12.4 Å². The van der Waals surface area contributed by atoms with Crippen molar-refractivity contribution in [3.63, 3.8) is 0 Å². The second kappa shape index (κ2) is 12.6. The maximum atomic E-state index is 13.1. The Morgan fingerprint density at radius 3 is 2.32 bits per heavy atom. The molecule has 1 atom stereocenters. The Morgan fingerprint density at radius 2 is 1.66 bits per heavy atom. The summed E-state index contributed by atoms with van der Waals surface area (Å²) in [6, 6.07) is 18.1. The van der Waals surface area contributed by atoms with Gasteiger partial charge in [0.15, 0.2) is 11.5 Å². The molecule has 4 N–H and O–H groups in total. The molecule has 12 heteroatoms. The number of carbonyl (C=O) groups excluding carboxylic acids is 1. The number of nitrogens with zero attached hydrogens (tertiary/aromatic N) is 3. The van der Waals surface area contributed by atoms with Crippen molar-refractivity contribution in [2.45, 2.75) is 12.5 Å². The van der Waals surface area contributed by atoms with Gasteiger partial charge in [-0.3, -0.25) is 4.79 Å². The zero-order valence-corrected chi connectivity index (χ0v) is 23.8. The Labute approximate surface area is 243 Å². The summed E-state index contributed by atoms with van der Waals surface area (Å²) in [5.41, 5.74) is 10.7. The molecule has 5 aromatic rings. The normalized spacial score (nSPS) is 11.4. The third kappa shape index (κ3) is 5.91. The van der Waals surface area contributed by atoms with Gasteiger partial charge in [-0.05, 0) is 35.7 Å². The number of benzene rings is 3. The number of nitrogens with two attached hydrogens (primary N) is 1. The molecule has 41 heavy (non-hydrogen) atoms. The van der Waals surface area contributed by atoms with Gasteiger partial charge in [0, 0.05) is 35.3 Å². The van der Waals surface area contributed by atoms with Crippen LogP contribution in [-0.2, 0) is 11.2 Å². The van der Waals surface area contributed by atoms with Crippen molar-refractivity contribution in [2.75, 3.05) is 33.8 Å². The number of carbonyl (C=O) groups is 1. The molecule has 0 aliphatic rings. The molecule has 0 spiro atoms. The van der Waals surface area contributed by atoms with E-state index in [1.54, 1.807) is 56.5 Å². The highest BCUT2D eigenvalue weighted by Crippen LogP contribution is 2.40. The van der Waals surface area contributed by atoms with Gasteiger partial charge in [-0.1, -0.05) is 23.4 Å². The Bertz CT molecular complexity index is 1610. The molecule has 1 amide bonds. The van der Waals surface area contributed by atoms with Crippen molar-refractivity contribution >= 4 is 34.9 Å². The number of anilines is 1. The quantitative estimate of drug-likeness (QED) is 0.222. The van der Waals surface area contributed by atoms with E-state index in [9.17, 15) is 4.79 Å². The standard InChI is InChI=1S/C29H30N6O5.ClH/c1-37-25-10-9-18(24-16-31-34-35(24)20-14-26(38-2)28(40-4)27(15-20)39-3)12-23(25)33-29(36)21(30)13-19-11-17-7-5-6-8-22(17)32-19;/h5-12,14-16,21,32H,13,30H2,1-4H3,(H,33,36);1H. The molecule has 0 saturated heterocycles. The van der Waals surface area contributed by atoms with Crippen LogP contribution in [0, 0.1) is 0 Å². The highest BCUT2D eigenvalue weighted by atomic mass is 35.5. The van der Waals surface area contributed by atoms with Gasteiger partial charge in [-0.25, -0.2) is 4.68 Å². The number of hydrogen-bond donors (Lipinski definition) is 3. The minimum absolute atomic E-state index is 0. The third-order valence-electron chi connectivity index (χ3n) is 6.56. The zero-order chi connectivity index (χ0) is 28.2. The fourth-order valence-electron chi connectivity index (χ4n) is 4.58. The van der Waals surface area contributed by atoms with E-state index in [-0.39, 0.29) is 18.3 Å². The van der Waals surface area contributed by atoms with E-state index in [1.807, 2.05) is 36.4 Å². The SMILES string of the molecule is COc1ccc(-c2cnnn2-c2cc(OC)c(OC)c(OC)c2)cc1NC(=O)C(N)Cc1cc2ccccc2[nH]1.Cl. The van der Waals surface area contributed by atoms with Crippen molar-refractivity contribution in [2.24, 2.45) is 5.73 Å². The number of methoxy groups -OCH3 is 4. The maximum absolute atomic E-state index is 13.1. The van der Waals surface area contributed by atoms with Crippen LogP contribution in [0.4, 0.5) is 5.69 Å². The first-order valence-electron chi connectivity index (χ1n) is 12.5. The first-order valence-corrected chi connectivity index (χ1v) is 12.5. The molecule has 0 saturated carbocycles. The number of aromatic amines is 1. The highest BCUT2D eigenvalue weighted by Gasteiger charge is 2.20. The second-order valence-corrected chi connectivity index (χ2v) is 9.01. The Balaban J connectivity index is 0.00000387. The van der Waals surface area contributed by atoms with E-state index in [0.29, 0.717) is 46.5 Å². The summed E-state index contributed by atoms with van der Waals surface area (Å²) in [6.45, 7) is 0. The first kappa shape index (κ1) is 29.2. The lowest BCUT2D eigenvalue weighted by Gasteiger charge is -2.16. The highest BCUT2D eigenvalue weighted by molar-refractivity contribution is 5.97. The number of fused-ring (bicyclic) bond motifs is 1. The molecule has 2 heterocycles. The largest absolute Gasteiger partial charge is 0.495 e. The maximum Gasteiger partial charge on any atom is 0.241 e. The summed E-state index contributed by atoms with van der Waals surface area (Å²) in [7, 11) is 6.17. The predicted octanol–water partition coefficient (Wildman–Crippen LogP) is 4.38. The molecule has 214 valence electrons. The van der Waals surface area contributed by atoms with Crippen LogP contribution in [-0.4, -0.2) is 60.4 Å². The molecule has 0 aliphatic carbocycles. The van der Waals surface area contributed by atoms with Gasteiger partial charge in [-0.15, -0.1) is 17.5 Å². The number of ether oxygens (including phenoxy) is 4. The van der Waals surface area contributed by atoms with Gasteiger partial charge in [0.2, 0.25) is 11.7 Å². The summed E-state index contributed by atoms with van der Waals surface area (Å²) >= 11 is 0. The van der Waals surface area contributed by atoms with Crippen LogP contribution in [0.3, 0.4) is 0 Å². The topological polar surface area (TPSA) is 139 Å². The molecule has 5 rings (SSSR count). The molecule has 0 radical (unpaired) electrons. The van der Waals surface area contributed by atoms with E-state index < -0.39 is 6.04 Å². The fraction of sp³-hybridized carbons (Fsp3) is 0.207. The van der Waals surface area contributed by atoms with E-state index in [1.165, 1.54) is 7.11 Å². The Morgan fingerprint density at radius 1 is 0.951 bits per heavy atom. The number of rotatable bonds is 10. The number of para-hydroxylation sites is 1. The van der Waals surface area contributed by atoms with Crippen LogP contribution in [0.25, 0.3) is 27.8 Å². The average Bonchev–Trinajstić information content (AvgIpc) is 3.63. The van der Waals surface area contributed by atoms with Crippen LogP contribution < -0.4 is 30.0 Å². The smallest absolute Gasteiger partial charge is 0.241 e. The van der Waals surface area contributed by atoms with Crippen molar-refractivity contribution in [1.82, 2.24) is 20.0 Å². The van der Waals surface area contributed by atoms with Crippen LogP contribution in [0.15, 0.2) is 66.9 Å². The van der Waals surface area contributed by atoms with Gasteiger partial charge in [-0.2, -0.15) is 0 Å². The zero-order valence-electron chi connectivity index (χ0n) is 23.0. The molecule has 0 bridgehead atoms. The lowest BCUT2D eigenvalue weighted by Crippen LogP contribution is -2.37. The number of H-pyrrole nitrogens is 1. The van der Waals surface area contributed by atoms with Crippen LogP contribution in [0.2, 0.25) is 0 Å². The summed E-state index contributed by atoms with van der Waals surface area (Å²) in [5.74, 6) is 1.57. The lowest BCUT2D eigenvalue weighted by atomic mass is 10.1. The summed E-state index contributed by atoms with van der Waals surface area (Å²) in [4.78, 5) is 16.4. The number of halogens is 1. The minimum Gasteiger partial charge on any atom is -0.495 e. The monoisotopic (exact) mass is 578 g/mol. The summed E-state index contributed by atoms with van der Waals surface area (Å²) < 4.78 is 23.6. The van der Waals surface area contributed by atoms with Gasteiger partial charge < -0.3 is 35.0 Å². The second-order valence-electron chi connectivity index (χ2n) is 9.01. The Hall–Kier alpha value is -4.74. The van der Waals surface area contributed by atoms with E-state index >= 15 is 0 Å². The molecular formula is C29H31ClN6O5. The van der Waals surface area contributed by atoms with E-state index in [4.69, 9.17) is 24.7 Å². The number of hydrogen-bond acceptors (Lipinski definition) is 8. The summed E-state index contributed by atoms with van der Waals surface area (Å²) in [5, 5.41) is 12.4. The molecule has 1 unspecified atom stereocenters. The van der Waals surface area contributed by atoms with E-state index in [0.717, 1.165) is 22.2 Å². The van der Waals surface area contributed by atoms with E-state index in [2.05, 4.69) is 20.6 Å². The molecule has 0 aliphatic heterocycles. The van der Waals surface area contributed by atoms with Crippen molar-refractivity contribution in [3.05, 3.63) is 72.6 Å². The molecule has 11 nitrogen and oxygen atoms in total. The van der Waals surface area contributed by atoms with Crippen LogP contribution in [0.1, 0.15) is 5.69 Å². The van der Waals surface area contributed by atoms with Crippen LogP contribution in [0.5, 0.6) is 23.0 Å². The van der Waals surface area contributed by atoms with Gasteiger partial charge in [0.1, 0.15) is 5.75 Å².